The summed E-state index contributed by atoms with van der Waals surface area (Å²) in [4.78, 5) is 24.8. The Bertz CT molecular complexity index is 457. The first-order valence-corrected chi connectivity index (χ1v) is 4.06. The van der Waals surface area contributed by atoms with Gasteiger partial charge in [0.05, 0.1) is 12.0 Å². The van der Waals surface area contributed by atoms with Crippen molar-refractivity contribution in [1.82, 2.24) is 4.98 Å². The number of carbonyl (C=O) groups is 2. The number of nitrogens with zero attached hydrogens (tertiary/aromatic N) is 1. The molecule has 0 radical (unpaired) electrons. The number of hydrogen-bond acceptors (Lipinski definition) is 3. The molecule has 0 unspecified atom stereocenters. The van der Waals surface area contributed by atoms with Crippen molar-refractivity contribution in [2.75, 3.05) is 0 Å². The van der Waals surface area contributed by atoms with Gasteiger partial charge in [-0.25, -0.2) is 9.78 Å². The second-order valence-corrected chi connectivity index (χ2v) is 2.68. The molecule has 0 bridgehead atoms. The number of carboxylic acid groups (broad SMARTS) is 1. The summed E-state index contributed by atoms with van der Waals surface area (Å²) in [6.45, 7) is 0. The average Bonchev–Trinajstić information content (AvgIpc) is 2.17. The third-order valence-corrected chi connectivity index (χ3v) is 1.49. The molecule has 0 aromatic carbocycles. The Morgan fingerprint density at radius 3 is 2.87 bits per heavy atom. The molecule has 5 nitrogen and oxygen atoms in total. The van der Waals surface area contributed by atoms with Crippen molar-refractivity contribution in [2.24, 2.45) is 5.73 Å². The minimum atomic E-state index is -1.05. The maximum absolute atomic E-state index is 10.6. The standard InChI is InChI=1S/C10H8N2O3/c11-9(13)3-1-2-8-6-7(10(14)15)4-5-12-8/h4-6H,3H2,(H2,11,13)(H,14,15). The zero-order valence-electron chi connectivity index (χ0n) is 7.73. The van der Waals surface area contributed by atoms with E-state index in [1.807, 2.05) is 0 Å². The largest absolute Gasteiger partial charge is 0.478 e. The molecule has 0 spiro atoms. The van der Waals surface area contributed by atoms with Crippen LogP contribution in [0.3, 0.4) is 0 Å². The first-order chi connectivity index (χ1) is 7.09. The Hall–Kier alpha value is -2.35. The second kappa shape index (κ2) is 4.77. The lowest BCUT2D eigenvalue weighted by atomic mass is 10.2. The lowest BCUT2D eigenvalue weighted by molar-refractivity contribution is -0.117. The number of nitrogens with two attached hydrogens (primary N) is 1. The number of primary amides is 1. The minimum absolute atomic E-state index is 0.0705. The summed E-state index contributed by atoms with van der Waals surface area (Å²) in [5.41, 5.74) is 5.29. The summed E-state index contributed by atoms with van der Waals surface area (Å²) in [6.07, 6.45) is 1.27. The van der Waals surface area contributed by atoms with Crippen molar-refractivity contribution in [3.63, 3.8) is 0 Å². The van der Waals surface area contributed by atoms with Gasteiger partial charge in [0.15, 0.2) is 0 Å². The third-order valence-electron chi connectivity index (χ3n) is 1.49. The van der Waals surface area contributed by atoms with Crippen LogP contribution in [-0.2, 0) is 4.79 Å². The zero-order chi connectivity index (χ0) is 11.3. The fraction of sp³-hybridized carbons (Fsp3) is 0.100. The van der Waals surface area contributed by atoms with E-state index in [2.05, 4.69) is 16.8 Å². The van der Waals surface area contributed by atoms with Gasteiger partial charge in [0.1, 0.15) is 5.69 Å². The van der Waals surface area contributed by atoms with Gasteiger partial charge in [-0.05, 0) is 18.1 Å². The maximum Gasteiger partial charge on any atom is 0.335 e. The van der Waals surface area contributed by atoms with Crippen molar-refractivity contribution in [1.29, 1.82) is 0 Å². The Labute approximate surface area is 85.9 Å². The molecule has 0 saturated heterocycles. The van der Waals surface area contributed by atoms with E-state index in [1.54, 1.807) is 0 Å². The molecule has 15 heavy (non-hydrogen) atoms. The van der Waals surface area contributed by atoms with Gasteiger partial charge in [-0.3, -0.25) is 4.79 Å². The monoisotopic (exact) mass is 204 g/mol. The van der Waals surface area contributed by atoms with E-state index in [9.17, 15) is 9.59 Å². The number of amides is 1. The van der Waals surface area contributed by atoms with Crippen LogP contribution in [0, 0.1) is 11.8 Å². The molecule has 0 aliphatic heterocycles. The molecular weight excluding hydrogens is 196 g/mol. The van der Waals surface area contributed by atoms with Gasteiger partial charge < -0.3 is 10.8 Å². The van der Waals surface area contributed by atoms with Crippen molar-refractivity contribution in [3.8, 4) is 11.8 Å². The highest BCUT2D eigenvalue weighted by molar-refractivity contribution is 5.87. The number of carbonyl (C=O) groups excluding carboxylic acids is 1. The molecule has 0 atom stereocenters. The van der Waals surface area contributed by atoms with Gasteiger partial charge in [-0.15, -0.1) is 0 Å². The molecule has 5 heteroatoms. The van der Waals surface area contributed by atoms with Gasteiger partial charge in [-0.1, -0.05) is 5.92 Å². The van der Waals surface area contributed by atoms with Crippen molar-refractivity contribution in [2.45, 2.75) is 6.42 Å². The van der Waals surface area contributed by atoms with E-state index in [0.29, 0.717) is 5.69 Å². The fourth-order valence-electron chi connectivity index (χ4n) is 0.854. The molecule has 3 N–H and O–H groups in total. The molecule has 76 valence electrons. The van der Waals surface area contributed by atoms with Gasteiger partial charge in [0.25, 0.3) is 0 Å². The van der Waals surface area contributed by atoms with Gasteiger partial charge in [0.2, 0.25) is 5.91 Å². The number of pyridine rings is 1. The summed E-state index contributed by atoms with van der Waals surface area (Å²) >= 11 is 0. The van der Waals surface area contributed by atoms with Crippen LogP contribution in [-0.4, -0.2) is 22.0 Å². The molecule has 0 aliphatic rings. The quantitative estimate of drug-likeness (QED) is 0.663. The van der Waals surface area contributed by atoms with E-state index in [-0.39, 0.29) is 12.0 Å². The third kappa shape index (κ3) is 3.48. The predicted octanol–water partition coefficient (Wildman–Crippen LogP) is 0.00670. The molecule has 1 heterocycles. The van der Waals surface area contributed by atoms with Crippen molar-refractivity contribution >= 4 is 11.9 Å². The second-order valence-electron chi connectivity index (χ2n) is 2.68. The summed E-state index contributed by atoms with van der Waals surface area (Å²) in [7, 11) is 0. The summed E-state index contributed by atoms with van der Waals surface area (Å²) in [5, 5.41) is 8.67. The normalized spacial score (nSPS) is 8.80. The van der Waals surface area contributed by atoms with E-state index >= 15 is 0 Å². The summed E-state index contributed by atoms with van der Waals surface area (Å²) in [5.74, 6) is 3.46. The molecule has 1 rings (SSSR count). The predicted molar refractivity (Wildman–Crippen MR) is 51.9 cm³/mol. The first-order valence-electron chi connectivity index (χ1n) is 4.06. The topological polar surface area (TPSA) is 93.3 Å². The van der Waals surface area contributed by atoms with Crippen LogP contribution in [0.1, 0.15) is 22.5 Å². The zero-order valence-corrected chi connectivity index (χ0v) is 7.73. The summed E-state index contributed by atoms with van der Waals surface area (Å²) in [6, 6.07) is 2.69. The Kier molecular flexibility index (Phi) is 3.41. The van der Waals surface area contributed by atoms with Crippen LogP contribution >= 0.6 is 0 Å². The molecule has 1 amide bonds. The first kappa shape index (κ1) is 10.7. The van der Waals surface area contributed by atoms with Crippen molar-refractivity contribution < 1.29 is 14.7 Å². The van der Waals surface area contributed by atoms with Gasteiger partial charge in [0, 0.05) is 6.20 Å². The number of aromatic carboxylic acids is 1. The molecular formula is C10H8N2O3. The smallest absolute Gasteiger partial charge is 0.335 e. The van der Waals surface area contributed by atoms with Crippen LogP contribution in [0.5, 0.6) is 0 Å². The van der Waals surface area contributed by atoms with E-state index in [1.165, 1.54) is 18.3 Å². The minimum Gasteiger partial charge on any atom is -0.478 e. The van der Waals surface area contributed by atoms with E-state index in [4.69, 9.17) is 10.8 Å². The molecule has 1 aromatic heterocycles. The average molecular weight is 204 g/mol. The Morgan fingerprint density at radius 2 is 2.27 bits per heavy atom. The highest BCUT2D eigenvalue weighted by atomic mass is 16.4. The van der Waals surface area contributed by atoms with Crippen LogP contribution in [0.2, 0.25) is 0 Å². The SMILES string of the molecule is NC(=O)CC#Cc1cc(C(=O)O)ccn1. The number of hydrogen-bond donors (Lipinski definition) is 2. The Balaban J connectivity index is 2.85. The van der Waals surface area contributed by atoms with E-state index in [0.717, 1.165) is 0 Å². The Morgan fingerprint density at radius 1 is 1.53 bits per heavy atom. The lowest BCUT2D eigenvalue weighted by Crippen LogP contribution is -2.08. The number of rotatable bonds is 2. The van der Waals surface area contributed by atoms with Crippen LogP contribution in [0.25, 0.3) is 0 Å². The molecule has 0 saturated carbocycles. The molecule has 0 fully saturated rings. The molecule has 1 aromatic rings. The maximum atomic E-state index is 10.6. The van der Waals surface area contributed by atoms with Crippen LogP contribution < -0.4 is 5.73 Å². The highest BCUT2D eigenvalue weighted by Gasteiger charge is 2.01. The summed E-state index contributed by atoms with van der Waals surface area (Å²) < 4.78 is 0. The number of carboxylic acids is 1. The van der Waals surface area contributed by atoms with Gasteiger partial charge in [-0.2, -0.15) is 0 Å². The molecule has 0 aliphatic carbocycles. The van der Waals surface area contributed by atoms with Gasteiger partial charge >= 0.3 is 5.97 Å². The highest BCUT2D eigenvalue weighted by Crippen LogP contribution is 2.00. The number of aromatic nitrogens is 1. The van der Waals surface area contributed by atoms with E-state index < -0.39 is 11.9 Å². The van der Waals surface area contributed by atoms with Crippen LogP contribution in [0.4, 0.5) is 0 Å². The fourth-order valence-corrected chi connectivity index (χ4v) is 0.854. The lowest BCUT2D eigenvalue weighted by Gasteiger charge is -1.93. The van der Waals surface area contributed by atoms with Crippen molar-refractivity contribution in [3.05, 3.63) is 29.6 Å². The van der Waals surface area contributed by atoms with Crippen LogP contribution in [0.15, 0.2) is 18.3 Å².